The first kappa shape index (κ1) is 20.3. The van der Waals surface area contributed by atoms with E-state index in [1.807, 2.05) is 55.5 Å². The first-order valence-electron chi connectivity index (χ1n) is 9.56. The lowest BCUT2D eigenvalue weighted by Gasteiger charge is -2.14. The summed E-state index contributed by atoms with van der Waals surface area (Å²) in [5.41, 5.74) is 2.61. The quantitative estimate of drug-likeness (QED) is 0.587. The molecule has 1 aromatic heterocycles. The molecule has 29 heavy (non-hydrogen) atoms. The lowest BCUT2D eigenvalue weighted by Crippen LogP contribution is -2.36. The Bertz CT molecular complexity index is 952. The summed E-state index contributed by atoms with van der Waals surface area (Å²) in [6.07, 6.45) is 1.66. The summed E-state index contributed by atoms with van der Waals surface area (Å²) in [4.78, 5) is 24.7. The summed E-state index contributed by atoms with van der Waals surface area (Å²) in [5.74, 6) is -0.616. The maximum absolute atomic E-state index is 12.5. The fourth-order valence-electron chi connectivity index (χ4n) is 3.03. The van der Waals surface area contributed by atoms with Gasteiger partial charge < -0.3 is 14.6 Å². The number of aryl methyl sites for hydroxylation is 2. The van der Waals surface area contributed by atoms with Gasteiger partial charge >= 0.3 is 5.97 Å². The average molecular weight is 392 g/mol. The van der Waals surface area contributed by atoms with Gasteiger partial charge in [0.25, 0.3) is 5.91 Å². The first-order chi connectivity index (χ1) is 14.0. The summed E-state index contributed by atoms with van der Waals surface area (Å²) < 4.78 is 10.4. The fraction of sp³-hybridized carbons (Fsp3) is 0.261. The number of aromatic nitrogens is 1. The standard InChI is InChI=1S/C23H24N2O4/c1-16(13-14-18-9-5-3-6-10-18)24-20(26)15-28-23(27)21-17(2)29-25-22(21)19-11-7-4-8-12-19/h3-12,16H,13-15H2,1-2H3,(H,24,26)/t16-/m0/s1. The predicted molar refractivity (Wildman–Crippen MR) is 109 cm³/mol. The number of nitrogens with zero attached hydrogens (tertiary/aromatic N) is 1. The molecule has 1 N–H and O–H groups in total. The van der Waals surface area contributed by atoms with Crippen LogP contribution < -0.4 is 5.32 Å². The second-order valence-corrected chi connectivity index (χ2v) is 6.90. The van der Waals surface area contributed by atoms with E-state index >= 15 is 0 Å². The van der Waals surface area contributed by atoms with Crippen molar-refractivity contribution in [2.75, 3.05) is 6.61 Å². The Labute approximate surface area is 169 Å². The van der Waals surface area contributed by atoms with E-state index in [-0.39, 0.29) is 24.1 Å². The molecule has 0 radical (unpaired) electrons. The van der Waals surface area contributed by atoms with Crippen molar-refractivity contribution in [3.8, 4) is 11.3 Å². The Morgan fingerprint density at radius 2 is 1.72 bits per heavy atom. The molecule has 3 rings (SSSR count). The zero-order valence-corrected chi connectivity index (χ0v) is 16.6. The third-order valence-corrected chi connectivity index (χ3v) is 4.56. The summed E-state index contributed by atoms with van der Waals surface area (Å²) in [6.45, 7) is 3.22. The third kappa shape index (κ3) is 5.54. The van der Waals surface area contributed by atoms with Crippen LogP contribution in [0.25, 0.3) is 11.3 Å². The van der Waals surface area contributed by atoms with Gasteiger partial charge in [0.1, 0.15) is 17.0 Å². The van der Waals surface area contributed by atoms with E-state index in [2.05, 4.69) is 22.6 Å². The van der Waals surface area contributed by atoms with Crippen molar-refractivity contribution in [1.82, 2.24) is 10.5 Å². The van der Waals surface area contributed by atoms with Gasteiger partial charge in [-0.1, -0.05) is 65.8 Å². The normalized spacial score (nSPS) is 11.7. The molecular weight excluding hydrogens is 368 g/mol. The number of amides is 1. The number of carbonyl (C=O) groups is 2. The highest BCUT2D eigenvalue weighted by molar-refractivity contribution is 5.98. The highest BCUT2D eigenvalue weighted by Crippen LogP contribution is 2.25. The first-order valence-corrected chi connectivity index (χ1v) is 9.56. The Balaban J connectivity index is 1.52. The summed E-state index contributed by atoms with van der Waals surface area (Å²) in [6, 6.07) is 19.3. The number of rotatable bonds is 8. The van der Waals surface area contributed by atoms with Crippen molar-refractivity contribution < 1.29 is 18.8 Å². The average Bonchev–Trinajstić information content (AvgIpc) is 3.13. The number of ether oxygens (including phenoxy) is 1. The molecule has 0 aliphatic rings. The number of carbonyl (C=O) groups excluding carboxylic acids is 2. The zero-order valence-electron chi connectivity index (χ0n) is 16.6. The molecule has 6 nitrogen and oxygen atoms in total. The smallest absolute Gasteiger partial charge is 0.344 e. The zero-order chi connectivity index (χ0) is 20.6. The van der Waals surface area contributed by atoms with Gasteiger partial charge in [0.05, 0.1) is 0 Å². The molecule has 0 aliphatic carbocycles. The van der Waals surface area contributed by atoms with Crippen LogP contribution in [-0.2, 0) is 16.0 Å². The molecule has 150 valence electrons. The Hall–Kier alpha value is -3.41. The summed E-state index contributed by atoms with van der Waals surface area (Å²) in [7, 11) is 0. The van der Waals surface area contributed by atoms with Gasteiger partial charge in [-0.2, -0.15) is 0 Å². The maximum Gasteiger partial charge on any atom is 0.344 e. The molecule has 3 aromatic rings. The molecule has 6 heteroatoms. The van der Waals surface area contributed by atoms with Crippen molar-refractivity contribution in [3.05, 3.63) is 77.6 Å². The molecular formula is C23H24N2O4. The number of nitrogens with one attached hydrogen (secondary N) is 1. The Morgan fingerprint density at radius 1 is 1.07 bits per heavy atom. The molecule has 1 amide bonds. The van der Waals surface area contributed by atoms with Gasteiger partial charge in [-0.25, -0.2) is 4.79 Å². The summed E-state index contributed by atoms with van der Waals surface area (Å²) in [5, 5.41) is 6.82. The molecule has 0 spiro atoms. The lowest BCUT2D eigenvalue weighted by molar-refractivity contribution is -0.124. The Morgan fingerprint density at radius 3 is 2.41 bits per heavy atom. The topological polar surface area (TPSA) is 81.4 Å². The Kier molecular flexibility index (Phi) is 6.79. The molecule has 0 aliphatic heterocycles. The van der Waals surface area contributed by atoms with Crippen LogP contribution in [0.15, 0.2) is 65.2 Å². The fourth-order valence-corrected chi connectivity index (χ4v) is 3.03. The van der Waals surface area contributed by atoms with Crippen LogP contribution in [0.2, 0.25) is 0 Å². The highest BCUT2D eigenvalue weighted by Gasteiger charge is 2.23. The van der Waals surface area contributed by atoms with Crippen molar-refractivity contribution in [3.63, 3.8) is 0 Å². The van der Waals surface area contributed by atoms with Crippen molar-refractivity contribution >= 4 is 11.9 Å². The molecule has 1 heterocycles. The molecule has 1 atom stereocenters. The lowest BCUT2D eigenvalue weighted by atomic mass is 10.1. The minimum absolute atomic E-state index is 0.0291. The van der Waals surface area contributed by atoms with E-state index in [9.17, 15) is 9.59 Å². The third-order valence-electron chi connectivity index (χ3n) is 4.56. The van der Waals surface area contributed by atoms with Crippen LogP contribution in [0.3, 0.4) is 0 Å². The van der Waals surface area contributed by atoms with Crippen LogP contribution in [0.4, 0.5) is 0 Å². The molecule has 2 aromatic carbocycles. The van der Waals surface area contributed by atoms with Gasteiger partial charge in [-0.15, -0.1) is 0 Å². The van der Waals surface area contributed by atoms with E-state index in [0.717, 1.165) is 18.4 Å². The predicted octanol–water partition coefficient (Wildman–Crippen LogP) is 3.94. The highest BCUT2D eigenvalue weighted by atomic mass is 16.5. The van der Waals surface area contributed by atoms with Gasteiger partial charge in [0, 0.05) is 11.6 Å². The van der Waals surface area contributed by atoms with Crippen molar-refractivity contribution in [2.24, 2.45) is 0 Å². The number of hydrogen-bond acceptors (Lipinski definition) is 5. The van der Waals surface area contributed by atoms with Crippen LogP contribution in [0.1, 0.15) is 35.0 Å². The largest absolute Gasteiger partial charge is 0.452 e. The van der Waals surface area contributed by atoms with Gasteiger partial charge in [0.2, 0.25) is 0 Å². The summed E-state index contributed by atoms with van der Waals surface area (Å²) >= 11 is 0. The van der Waals surface area contributed by atoms with E-state index in [4.69, 9.17) is 9.26 Å². The molecule has 0 fully saturated rings. The number of benzene rings is 2. The van der Waals surface area contributed by atoms with Gasteiger partial charge in [0.15, 0.2) is 6.61 Å². The minimum Gasteiger partial charge on any atom is -0.452 e. The van der Waals surface area contributed by atoms with Gasteiger partial charge in [-0.3, -0.25) is 4.79 Å². The molecule has 0 unspecified atom stereocenters. The minimum atomic E-state index is -0.630. The van der Waals surface area contributed by atoms with Gasteiger partial charge in [-0.05, 0) is 32.3 Å². The molecule has 0 saturated carbocycles. The maximum atomic E-state index is 12.5. The second-order valence-electron chi connectivity index (χ2n) is 6.90. The molecule has 0 bridgehead atoms. The number of hydrogen-bond donors (Lipinski definition) is 1. The van der Waals surface area contributed by atoms with Crippen LogP contribution in [-0.4, -0.2) is 29.7 Å². The van der Waals surface area contributed by atoms with Crippen LogP contribution in [0, 0.1) is 6.92 Å². The van der Waals surface area contributed by atoms with E-state index in [0.29, 0.717) is 11.5 Å². The SMILES string of the molecule is Cc1onc(-c2ccccc2)c1C(=O)OCC(=O)N[C@@H](C)CCc1ccccc1. The van der Waals surface area contributed by atoms with Crippen LogP contribution in [0.5, 0.6) is 0 Å². The number of esters is 1. The van der Waals surface area contributed by atoms with E-state index in [1.165, 1.54) is 5.56 Å². The second kappa shape index (κ2) is 9.68. The monoisotopic (exact) mass is 392 g/mol. The van der Waals surface area contributed by atoms with E-state index < -0.39 is 5.97 Å². The molecule has 0 saturated heterocycles. The van der Waals surface area contributed by atoms with Crippen molar-refractivity contribution in [1.29, 1.82) is 0 Å². The van der Waals surface area contributed by atoms with Crippen LogP contribution >= 0.6 is 0 Å². The van der Waals surface area contributed by atoms with E-state index in [1.54, 1.807) is 6.92 Å². The van der Waals surface area contributed by atoms with Crippen molar-refractivity contribution in [2.45, 2.75) is 32.7 Å².